The number of nitrogens with one attached hydrogen (secondary N) is 2. The van der Waals surface area contributed by atoms with E-state index in [4.69, 9.17) is 0 Å². The van der Waals surface area contributed by atoms with Crippen LogP contribution >= 0.6 is 12.6 Å². The van der Waals surface area contributed by atoms with Gasteiger partial charge < -0.3 is 10.6 Å². The normalized spacial score (nSPS) is 9.38. The van der Waals surface area contributed by atoms with Gasteiger partial charge in [-0.05, 0) is 56.7 Å². The molecule has 0 heterocycles. The van der Waals surface area contributed by atoms with E-state index in [0.29, 0.717) is 12.1 Å². The summed E-state index contributed by atoms with van der Waals surface area (Å²) in [6, 6.07) is 15.4. The van der Waals surface area contributed by atoms with E-state index in [0.717, 1.165) is 16.1 Å². The van der Waals surface area contributed by atoms with Crippen molar-refractivity contribution in [3.8, 4) is 0 Å². The topological polar surface area (TPSA) is 41.1 Å². The number of carbonyl (C=O) groups excluding carboxylic acids is 1. The van der Waals surface area contributed by atoms with Crippen molar-refractivity contribution in [3.05, 3.63) is 71.3 Å². The van der Waals surface area contributed by atoms with Crippen LogP contribution in [0.3, 0.4) is 0 Å². The van der Waals surface area contributed by atoms with E-state index in [2.05, 4.69) is 43.2 Å². The second kappa shape index (κ2) is 10.6. The molecule has 2 rings (SSSR count). The number of carbonyl (C=O) groups is 1. The molecular weight excluding hydrogens is 316 g/mol. The van der Waals surface area contributed by atoms with Crippen LogP contribution in [0.15, 0.2) is 65.1 Å². The van der Waals surface area contributed by atoms with E-state index in [1.807, 2.05) is 55.5 Å². The predicted octanol–water partition coefficient (Wildman–Crippen LogP) is 4.92. The lowest BCUT2D eigenvalue weighted by Gasteiger charge is -2.07. The van der Waals surface area contributed by atoms with Gasteiger partial charge in [0.25, 0.3) is 5.91 Å². The first-order chi connectivity index (χ1) is 11.5. The molecule has 2 aromatic rings. The summed E-state index contributed by atoms with van der Waals surface area (Å²) in [6.07, 6.45) is 2.08. The van der Waals surface area contributed by atoms with Gasteiger partial charge in [0.05, 0.1) is 0 Å². The van der Waals surface area contributed by atoms with E-state index >= 15 is 0 Å². The van der Waals surface area contributed by atoms with E-state index in [1.165, 1.54) is 5.57 Å². The summed E-state index contributed by atoms with van der Waals surface area (Å²) >= 11 is 4.30. The average Bonchev–Trinajstić information content (AvgIpc) is 2.60. The minimum absolute atomic E-state index is 0.0673. The summed E-state index contributed by atoms with van der Waals surface area (Å²) in [4.78, 5) is 12.3. The Balaban J connectivity index is 0.000000505. The van der Waals surface area contributed by atoms with Gasteiger partial charge >= 0.3 is 0 Å². The van der Waals surface area contributed by atoms with Crippen LogP contribution in [0.25, 0.3) is 0 Å². The number of allylic oxidation sites excluding steroid dienone is 2. The zero-order valence-electron chi connectivity index (χ0n) is 14.8. The monoisotopic (exact) mass is 342 g/mol. The molecule has 4 heteroatoms. The highest BCUT2D eigenvalue weighted by molar-refractivity contribution is 7.80. The molecule has 0 atom stereocenters. The summed E-state index contributed by atoms with van der Waals surface area (Å²) in [5.74, 6) is -0.0673. The van der Waals surface area contributed by atoms with Crippen molar-refractivity contribution in [3.63, 3.8) is 0 Å². The Labute approximate surface area is 150 Å². The predicted molar refractivity (Wildman–Crippen MR) is 106 cm³/mol. The lowest BCUT2D eigenvalue weighted by Crippen LogP contribution is -2.17. The molecule has 2 aromatic carbocycles. The number of anilines is 1. The van der Waals surface area contributed by atoms with Crippen molar-refractivity contribution in [2.24, 2.45) is 0 Å². The maximum atomic E-state index is 11.4. The molecular formula is C20H26N2OS. The first kappa shape index (κ1) is 19.8. The van der Waals surface area contributed by atoms with Crippen LogP contribution in [0.5, 0.6) is 0 Å². The lowest BCUT2D eigenvalue weighted by molar-refractivity contribution is 0.0963. The van der Waals surface area contributed by atoms with Gasteiger partial charge in [0, 0.05) is 29.7 Å². The van der Waals surface area contributed by atoms with E-state index in [-0.39, 0.29) is 5.91 Å². The molecule has 0 saturated heterocycles. The van der Waals surface area contributed by atoms with Crippen molar-refractivity contribution in [1.29, 1.82) is 0 Å². The highest BCUT2D eigenvalue weighted by Crippen LogP contribution is 2.14. The quantitative estimate of drug-likeness (QED) is 0.545. The Morgan fingerprint density at radius 2 is 1.75 bits per heavy atom. The van der Waals surface area contributed by atoms with Gasteiger partial charge in [-0.25, -0.2) is 0 Å². The minimum Gasteiger partial charge on any atom is -0.381 e. The smallest absolute Gasteiger partial charge is 0.251 e. The van der Waals surface area contributed by atoms with Gasteiger partial charge in [-0.1, -0.05) is 29.8 Å². The molecule has 0 spiro atoms. The van der Waals surface area contributed by atoms with Crippen molar-refractivity contribution >= 4 is 24.2 Å². The average molecular weight is 343 g/mol. The SMILES string of the molecule is CC=C(C)C.CNC(=O)c1ccc(CNc2cccc(S)c2)cc1. The van der Waals surface area contributed by atoms with Crippen LogP contribution in [0.2, 0.25) is 0 Å². The third-order valence-corrected chi connectivity index (χ3v) is 3.64. The minimum atomic E-state index is -0.0673. The van der Waals surface area contributed by atoms with Crippen molar-refractivity contribution < 1.29 is 4.79 Å². The number of hydrogen-bond acceptors (Lipinski definition) is 3. The molecule has 24 heavy (non-hydrogen) atoms. The molecule has 3 nitrogen and oxygen atoms in total. The standard InChI is InChI=1S/C15H16N2OS.C5H10/c1-16-15(18)12-7-5-11(6-8-12)10-17-13-3-2-4-14(19)9-13;1-4-5(2)3/h2-9,17,19H,10H2,1H3,(H,16,18);4H,1-3H3. The molecule has 128 valence electrons. The molecule has 0 bridgehead atoms. The van der Waals surface area contributed by atoms with E-state index < -0.39 is 0 Å². The summed E-state index contributed by atoms with van der Waals surface area (Å²) in [5.41, 5.74) is 4.20. The number of benzene rings is 2. The Bertz CT molecular complexity index is 674. The molecule has 1 amide bonds. The van der Waals surface area contributed by atoms with Crippen LogP contribution in [-0.2, 0) is 6.54 Å². The van der Waals surface area contributed by atoms with Crippen molar-refractivity contribution in [2.75, 3.05) is 12.4 Å². The van der Waals surface area contributed by atoms with Crippen LogP contribution < -0.4 is 10.6 Å². The van der Waals surface area contributed by atoms with E-state index in [9.17, 15) is 4.79 Å². The summed E-state index contributed by atoms with van der Waals surface area (Å²) in [6.45, 7) is 6.92. The second-order valence-electron chi connectivity index (χ2n) is 5.55. The zero-order chi connectivity index (χ0) is 17.9. The Morgan fingerprint density at radius 1 is 1.12 bits per heavy atom. The molecule has 0 fully saturated rings. The fraction of sp³-hybridized carbons (Fsp3) is 0.250. The fourth-order valence-electron chi connectivity index (χ4n) is 1.74. The summed E-state index contributed by atoms with van der Waals surface area (Å²) < 4.78 is 0. The largest absolute Gasteiger partial charge is 0.381 e. The molecule has 0 aliphatic heterocycles. The third-order valence-electron chi connectivity index (χ3n) is 3.36. The van der Waals surface area contributed by atoms with Gasteiger partial charge in [0.2, 0.25) is 0 Å². The maximum absolute atomic E-state index is 11.4. The number of rotatable bonds is 4. The Morgan fingerprint density at radius 3 is 2.25 bits per heavy atom. The molecule has 0 aromatic heterocycles. The van der Waals surface area contributed by atoms with E-state index in [1.54, 1.807) is 7.05 Å². The highest BCUT2D eigenvalue weighted by Gasteiger charge is 2.02. The number of thiol groups is 1. The zero-order valence-corrected chi connectivity index (χ0v) is 15.7. The van der Waals surface area contributed by atoms with Crippen LogP contribution in [-0.4, -0.2) is 13.0 Å². The molecule has 0 unspecified atom stereocenters. The van der Waals surface area contributed by atoms with Gasteiger partial charge in [0.1, 0.15) is 0 Å². The number of hydrogen-bond donors (Lipinski definition) is 3. The molecule has 0 aliphatic carbocycles. The third kappa shape index (κ3) is 7.38. The Hall–Kier alpha value is -2.20. The Kier molecular flexibility index (Phi) is 8.72. The van der Waals surface area contributed by atoms with Gasteiger partial charge in [-0.3, -0.25) is 4.79 Å². The van der Waals surface area contributed by atoms with Crippen LogP contribution in [0.1, 0.15) is 36.7 Å². The highest BCUT2D eigenvalue weighted by atomic mass is 32.1. The van der Waals surface area contributed by atoms with Gasteiger partial charge in [-0.2, -0.15) is 0 Å². The lowest BCUT2D eigenvalue weighted by atomic mass is 10.1. The fourth-order valence-corrected chi connectivity index (χ4v) is 1.96. The van der Waals surface area contributed by atoms with Gasteiger partial charge in [0.15, 0.2) is 0 Å². The molecule has 0 aliphatic rings. The van der Waals surface area contributed by atoms with Crippen LogP contribution in [0, 0.1) is 0 Å². The van der Waals surface area contributed by atoms with Crippen molar-refractivity contribution in [2.45, 2.75) is 32.2 Å². The second-order valence-corrected chi connectivity index (χ2v) is 6.06. The summed E-state index contributed by atoms with van der Waals surface area (Å²) in [5, 5.41) is 5.92. The maximum Gasteiger partial charge on any atom is 0.251 e. The molecule has 0 radical (unpaired) electrons. The first-order valence-electron chi connectivity index (χ1n) is 7.89. The first-order valence-corrected chi connectivity index (χ1v) is 8.34. The van der Waals surface area contributed by atoms with Crippen LogP contribution in [0.4, 0.5) is 5.69 Å². The summed E-state index contributed by atoms with van der Waals surface area (Å²) in [7, 11) is 1.63. The number of amides is 1. The molecule has 2 N–H and O–H groups in total. The van der Waals surface area contributed by atoms with Crippen molar-refractivity contribution in [1.82, 2.24) is 5.32 Å². The molecule has 0 saturated carbocycles. The van der Waals surface area contributed by atoms with Gasteiger partial charge in [-0.15, -0.1) is 12.6 Å².